The second kappa shape index (κ2) is 9.04. The van der Waals surface area contributed by atoms with Crippen LogP contribution in [0.4, 0.5) is 0 Å². The van der Waals surface area contributed by atoms with Gasteiger partial charge in [0.1, 0.15) is 17.4 Å². The molecule has 1 amide bonds. The number of rotatable bonds is 7. The Labute approximate surface area is 151 Å². The Balaban J connectivity index is 2.12. The van der Waals surface area contributed by atoms with Crippen LogP contribution in [0.15, 0.2) is 60.2 Å². The number of aliphatic carboxylic acids is 1. The van der Waals surface area contributed by atoms with Gasteiger partial charge in [0.05, 0.1) is 6.04 Å². The van der Waals surface area contributed by atoms with Crippen LogP contribution in [-0.2, 0) is 9.59 Å². The second-order valence-corrected chi connectivity index (χ2v) is 5.53. The van der Waals surface area contributed by atoms with Crippen molar-refractivity contribution in [3.05, 3.63) is 71.3 Å². The number of nitriles is 1. The molecule has 0 radical (unpaired) electrons. The number of carboxylic acids is 1. The molecule has 0 spiro atoms. The zero-order valence-corrected chi connectivity index (χ0v) is 14.2. The van der Waals surface area contributed by atoms with Crippen LogP contribution in [0.25, 0.3) is 6.08 Å². The minimum atomic E-state index is -1.09. The van der Waals surface area contributed by atoms with Crippen molar-refractivity contribution >= 4 is 18.0 Å². The molecule has 2 aromatic carbocycles. The van der Waals surface area contributed by atoms with Crippen LogP contribution >= 0.6 is 0 Å². The number of nitrogens with zero attached hydrogens (tertiary/aromatic N) is 1. The van der Waals surface area contributed by atoms with Crippen molar-refractivity contribution < 1.29 is 19.4 Å². The third kappa shape index (κ3) is 5.49. The van der Waals surface area contributed by atoms with E-state index in [0.29, 0.717) is 11.3 Å². The summed E-state index contributed by atoms with van der Waals surface area (Å²) in [5.74, 6) is -1.23. The Kier molecular flexibility index (Phi) is 6.52. The van der Waals surface area contributed by atoms with E-state index in [1.807, 2.05) is 43.3 Å². The number of hydrogen-bond donors (Lipinski definition) is 2. The number of carbonyl (C=O) groups excluding carboxylic acids is 1. The molecule has 132 valence electrons. The lowest BCUT2D eigenvalue weighted by atomic mass is 10.1. The van der Waals surface area contributed by atoms with Crippen LogP contribution in [0.3, 0.4) is 0 Å². The molecule has 6 nitrogen and oxygen atoms in total. The van der Waals surface area contributed by atoms with Crippen molar-refractivity contribution in [2.75, 3.05) is 6.61 Å². The van der Waals surface area contributed by atoms with E-state index in [2.05, 4.69) is 5.32 Å². The summed E-state index contributed by atoms with van der Waals surface area (Å²) in [6, 6.07) is 17.6. The normalized spacial score (nSPS) is 11.9. The van der Waals surface area contributed by atoms with E-state index in [0.717, 1.165) is 5.56 Å². The summed E-state index contributed by atoms with van der Waals surface area (Å²) < 4.78 is 5.09. The number of amides is 1. The Morgan fingerprint density at radius 1 is 1.23 bits per heavy atom. The molecule has 26 heavy (non-hydrogen) atoms. The molecule has 6 heteroatoms. The fourth-order valence-corrected chi connectivity index (χ4v) is 2.25. The maximum absolute atomic E-state index is 12.4. The maximum atomic E-state index is 12.4. The number of carboxylic acid groups (broad SMARTS) is 1. The van der Waals surface area contributed by atoms with Crippen molar-refractivity contribution in [3.63, 3.8) is 0 Å². The van der Waals surface area contributed by atoms with Crippen molar-refractivity contribution in [1.29, 1.82) is 5.26 Å². The van der Waals surface area contributed by atoms with E-state index < -0.39 is 18.5 Å². The molecule has 0 heterocycles. The predicted octanol–water partition coefficient (Wildman–Crippen LogP) is 2.93. The summed E-state index contributed by atoms with van der Waals surface area (Å²) >= 11 is 0. The lowest BCUT2D eigenvalue weighted by Gasteiger charge is -2.13. The highest BCUT2D eigenvalue weighted by atomic mass is 16.5. The number of carbonyl (C=O) groups is 2. The highest BCUT2D eigenvalue weighted by Crippen LogP contribution is 2.17. The van der Waals surface area contributed by atoms with E-state index in [9.17, 15) is 14.9 Å². The molecule has 2 N–H and O–H groups in total. The van der Waals surface area contributed by atoms with E-state index in [1.165, 1.54) is 6.08 Å². The monoisotopic (exact) mass is 350 g/mol. The van der Waals surface area contributed by atoms with Crippen LogP contribution in [-0.4, -0.2) is 23.6 Å². The van der Waals surface area contributed by atoms with Gasteiger partial charge >= 0.3 is 5.97 Å². The number of benzene rings is 2. The Morgan fingerprint density at radius 3 is 2.62 bits per heavy atom. The van der Waals surface area contributed by atoms with Gasteiger partial charge in [-0.2, -0.15) is 5.26 Å². The third-order valence-corrected chi connectivity index (χ3v) is 3.54. The molecule has 0 unspecified atom stereocenters. The zero-order valence-electron chi connectivity index (χ0n) is 14.2. The quantitative estimate of drug-likeness (QED) is 0.591. The van der Waals surface area contributed by atoms with Crippen LogP contribution in [0, 0.1) is 11.3 Å². The van der Waals surface area contributed by atoms with Gasteiger partial charge in [-0.1, -0.05) is 42.5 Å². The van der Waals surface area contributed by atoms with Crippen molar-refractivity contribution in [2.45, 2.75) is 13.0 Å². The molecule has 0 aliphatic heterocycles. The Morgan fingerprint density at radius 2 is 1.96 bits per heavy atom. The van der Waals surface area contributed by atoms with Gasteiger partial charge in [-0.3, -0.25) is 4.79 Å². The number of ether oxygens (including phenoxy) is 1. The molecule has 0 saturated heterocycles. The minimum absolute atomic E-state index is 0.0526. The summed E-state index contributed by atoms with van der Waals surface area (Å²) in [4.78, 5) is 22.9. The molecule has 0 bridgehead atoms. The summed E-state index contributed by atoms with van der Waals surface area (Å²) in [6.07, 6.45) is 1.43. The molecule has 2 rings (SSSR count). The smallest absolute Gasteiger partial charge is 0.341 e. The van der Waals surface area contributed by atoms with E-state index in [4.69, 9.17) is 9.84 Å². The average Bonchev–Trinajstić information content (AvgIpc) is 2.65. The van der Waals surface area contributed by atoms with Crippen LogP contribution < -0.4 is 10.1 Å². The number of hydrogen-bond acceptors (Lipinski definition) is 4. The van der Waals surface area contributed by atoms with Crippen LogP contribution in [0.2, 0.25) is 0 Å². The van der Waals surface area contributed by atoms with Gasteiger partial charge in [-0.05, 0) is 36.3 Å². The van der Waals surface area contributed by atoms with Gasteiger partial charge in [0.15, 0.2) is 6.61 Å². The number of nitrogens with one attached hydrogen (secondary N) is 1. The van der Waals surface area contributed by atoms with Gasteiger partial charge in [0.2, 0.25) is 0 Å². The van der Waals surface area contributed by atoms with Gasteiger partial charge in [0.25, 0.3) is 5.91 Å². The highest BCUT2D eigenvalue weighted by molar-refractivity contribution is 6.01. The molecule has 0 aliphatic rings. The van der Waals surface area contributed by atoms with Crippen LogP contribution in [0.5, 0.6) is 5.75 Å². The van der Waals surface area contributed by atoms with E-state index in [-0.39, 0.29) is 11.6 Å². The molecule has 0 fully saturated rings. The first-order valence-corrected chi connectivity index (χ1v) is 7.92. The molecule has 0 aliphatic carbocycles. The summed E-state index contributed by atoms with van der Waals surface area (Å²) in [6.45, 7) is 1.37. The van der Waals surface area contributed by atoms with Crippen molar-refractivity contribution in [3.8, 4) is 11.8 Å². The third-order valence-electron chi connectivity index (χ3n) is 3.54. The van der Waals surface area contributed by atoms with Crippen molar-refractivity contribution in [1.82, 2.24) is 5.32 Å². The summed E-state index contributed by atoms with van der Waals surface area (Å²) in [5.41, 5.74) is 1.44. The average molecular weight is 350 g/mol. The standard InChI is InChI=1S/C20H18N2O4/c1-14(16-7-3-2-4-8-16)22-20(25)17(12-21)10-15-6-5-9-18(11-15)26-13-19(23)24/h2-11,14H,13H2,1H3,(H,22,25)(H,23,24)/b17-10+/t14-/m0/s1. The maximum Gasteiger partial charge on any atom is 0.341 e. The molecule has 0 aromatic heterocycles. The lowest BCUT2D eigenvalue weighted by molar-refractivity contribution is -0.139. The van der Waals surface area contributed by atoms with Gasteiger partial charge in [-0.25, -0.2) is 4.79 Å². The summed E-state index contributed by atoms with van der Waals surface area (Å²) in [5, 5.41) is 20.7. The SMILES string of the molecule is C[C@H](NC(=O)/C(C#N)=C/c1cccc(OCC(=O)O)c1)c1ccccc1. The topological polar surface area (TPSA) is 99.4 Å². The Hall–Kier alpha value is -3.59. The van der Waals surface area contributed by atoms with Crippen molar-refractivity contribution in [2.24, 2.45) is 0 Å². The first-order valence-electron chi connectivity index (χ1n) is 7.92. The molecule has 0 saturated carbocycles. The van der Waals surface area contributed by atoms with Gasteiger partial charge in [0, 0.05) is 0 Å². The molecular weight excluding hydrogens is 332 g/mol. The fraction of sp³-hybridized carbons (Fsp3) is 0.150. The van der Waals surface area contributed by atoms with E-state index >= 15 is 0 Å². The molecule has 2 aromatic rings. The minimum Gasteiger partial charge on any atom is -0.482 e. The molecular formula is C20H18N2O4. The van der Waals surface area contributed by atoms with E-state index in [1.54, 1.807) is 24.3 Å². The first-order chi connectivity index (χ1) is 12.5. The Bertz CT molecular complexity index is 854. The lowest BCUT2D eigenvalue weighted by Crippen LogP contribution is -2.27. The highest BCUT2D eigenvalue weighted by Gasteiger charge is 2.13. The predicted molar refractivity (Wildman–Crippen MR) is 96.2 cm³/mol. The summed E-state index contributed by atoms with van der Waals surface area (Å²) in [7, 11) is 0. The van der Waals surface area contributed by atoms with Gasteiger partial charge < -0.3 is 15.2 Å². The van der Waals surface area contributed by atoms with Crippen LogP contribution in [0.1, 0.15) is 24.1 Å². The zero-order chi connectivity index (χ0) is 18.9. The largest absolute Gasteiger partial charge is 0.482 e. The second-order valence-electron chi connectivity index (χ2n) is 5.53. The van der Waals surface area contributed by atoms with Gasteiger partial charge in [-0.15, -0.1) is 0 Å². The molecule has 1 atom stereocenters. The first kappa shape index (κ1) is 18.7. The fourth-order valence-electron chi connectivity index (χ4n) is 2.25.